The van der Waals surface area contributed by atoms with Gasteiger partial charge in [-0.3, -0.25) is 9.69 Å². The molecular weight excluding hydrogens is 306 g/mol. The Morgan fingerprint density at radius 2 is 2.14 bits per heavy atom. The summed E-state index contributed by atoms with van der Waals surface area (Å²) in [6.07, 6.45) is -0.321. The highest BCUT2D eigenvalue weighted by Crippen LogP contribution is 2.35. The van der Waals surface area contributed by atoms with Crippen molar-refractivity contribution in [1.29, 1.82) is 0 Å². The number of amides is 1. The molecule has 122 valence electrons. The molecular formula is C14H21N3O4S. The standard InChI is InChI=1S/C14H21N3O4S/c1-8(18)20-9-5-11(10-7-22-12(15)16-10)17(6-9)13(19)21-14(2,3)4/h7,9,11H,5-6H2,1-4H3,(H2,15,16)/t9-,11?/m1/s1. The lowest BCUT2D eigenvalue weighted by molar-refractivity contribution is -0.145. The molecule has 1 aliphatic heterocycles. The van der Waals surface area contributed by atoms with Gasteiger partial charge in [-0.1, -0.05) is 0 Å². The van der Waals surface area contributed by atoms with Gasteiger partial charge in [0.05, 0.1) is 18.3 Å². The van der Waals surface area contributed by atoms with Gasteiger partial charge >= 0.3 is 12.1 Å². The zero-order valence-corrected chi connectivity index (χ0v) is 14.0. The molecule has 0 radical (unpaired) electrons. The van der Waals surface area contributed by atoms with Gasteiger partial charge in [0.15, 0.2) is 5.13 Å². The summed E-state index contributed by atoms with van der Waals surface area (Å²) in [4.78, 5) is 29.3. The third-order valence-corrected chi connectivity index (χ3v) is 3.80. The number of carbonyl (C=O) groups is 2. The average Bonchev–Trinajstić information content (AvgIpc) is 2.92. The molecule has 1 amide bonds. The average molecular weight is 327 g/mol. The maximum Gasteiger partial charge on any atom is 0.410 e. The van der Waals surface area contributed by atoms with Gasteiger partial charge in [0.25, 0.3) is 0 Å². The van der Waals surface area contributed by atoms with Crippen LogP contribution in [0, 0.1) is 0 Å². The summed E-state index contributed by atoms with van der Waals surface area (Å²) in [5.41, 5.74) is 5.77. The number of hydrogen-bond donors (Lipinski definition) is 1. The Hall–Kier alpha value is -1.83. The fraction of sp³-hybridized carbons (Fsp3) is 0.643. The minimum atomic E-state index is -0.595. The van der Waals surface area contributed by atoms with E-state index in [2.05, 4.69) is 4.98 Å². The molecule has 1 aromatic rings. The molecule has 0 bridgehead atoms. The predicted molar refractivity (Wildman–Crippen MR) is 82.4 cm³/mol. The molecule has 1 saturated heterocycles. The van der Waals surface area contributed by atoms with Gasteiger partial charge in [0, 0.05) is 18.7 Å². The zero-order chi connectivity index (χ0) is 16.5. The molecule has 7 nitrogen and oxygen atoms in total. The quantitative estimate of drug-likeness (QED) is 0.838. The number of esters is 1. The highest BCUT2D eigenvalue weighted by molar-refractivity contribution is 7.13. The zero-order valence-electron chi connectivity index (χ0n) is 13.2. The molecule has 1 unspecified atom stereocenters. The van der Waals surface area contributed by atoms with E-state index in [9.17, 15) is 9.59 Å². The predicted octanol–water partition coefficient (Wildman–Crippen LogP) is 2.34. The summed E-state index contributed by atoms with van der Waals surface area (Å²) >= 11 is 1.31. The summed E-state index contributed by atoms with van der Waals surface area (Å²) in [6, 6.07) is -0.298. The third-order valence-electron chi connectivity index (χ3n) is 3.10. The van der Waals surface area contributed by atoms with Crippen molar-refractivity contribution >= 4 is 28.5 Å². The maximum absolute atomic E-state index is 12.4. The number of nitrogen functional groups attached to an aromatic ring is 1. The van der Waals surface area contributed by atoms with E-state index < -0.39 is 11.7 Å². The van der Waals surface area contributed by atoms with Gasteiger partial charge in [0.1, 0.15) is 11.7 Å². The van der Waals surface area contributed by atoms with Crippen molar-refractivity contribution in [3.63, 3.8) is 0 Å². The van der Waals surface area contributed by atoms with Crippen LogP contribution in [0.1, 0.15) is 45.9 Å². The lowest BCUT2D eigenvalue weighted by atomic mass is 10.1. The summed E-state index contributed by atoms with van der Waals surface area (Å²) in [5, 5.41) is 2.25. The Morgan fingerprint density at radius 1 is 1.45 bits per heavy atom. The van der Waals surface area contributed by atoms with E-state index in [1.54, 1.807) is 25.7 Å². The fourth-order valence-corrected chi connectivity index (χ4v) is 2.98. The summed E-state index contributed by atoms with van der Waals surface area (Å²) in [6.45, 7) is 7.06. The molecule has 22 heavy (non-hydrogen) atoms. The van der Waals surface area contributed by atoms with E-state index >= 15 is 0 Å². The first-order valence-electron chi connectivity index (χ1n) is 7.03. The first-order valence-corrected chi connectivity index (χ1v) is 7.91. The Labute approximate surface area is 133 Å². The molecule has 1 fully saturated rings. The van der Waals surface area contributed by atoms with Gasteiger partial charge in [-0.15, -0.1) is 11.3 Å². The number of hydrogen-bond acceptors (Lipinski definition) is 7. The topological polar surface area (TPSA) is 94.8 Å². The first kappa shape index (κ1) is 16.5. The SMILES string of the molecule is CC(=O)O[C@@H]1CC(c2csc(N)n2)N(C(=O)OC(C)(C)C)C1. The van der Waals surface area contributed by atoms with Gasteiger partial charge in [-0.05, 0) is 20.8 Å². The van der Waals surface area contributed by atoms with E-state index in [0.717, 1.165) is 0 Å². The monoisotopic (exact) mass is 327 g/mol. The van der Waals surface area contributed by atoms with Gasteiger partial charge in [-0.2, -0.15) is 0 Å². The number of carbonyl (C=O) groups excluding carboxylic acids is 2. The molecule has 0 spiro atoms. The third kappa shape index (κ3) is 4.09. The second kappa shape index (κ2) is 6.12. The van der Waals surface area contributed by atoms with Crippen molar-refractivity contribution in [1.82, 2.24) is 9.88 Å². The second-order valence-electron chi connectivity index (χ2n) is 6.23. The van der Waals surface area contributed by atoms with Crippen molar-refractivity contribution in [2.75, 3.05) is 12.3 Å². The molecule has 1 aromatic heterocycles. The number of aromatic nitrogens is 1. The number of likely N-dealkylation sites (tertiary alicyclic amines) is 1. The molecule has 8 heteroatoms. The molecule has 0 saturated carbocycles. The van der Waals surface area contributed by atoms with Crippen molar-refractivity contribution in [2.45, 2.75) is 51.9 Å². The highest BCUT2D eigenvalue weighted by atomic mass is 32.1. The van der Waals surface area contributed by atoms with Crippen molar-refractivity contribution in [3.05, 3.63) is 11.1 Å². The van der Waals surface area contributed by atoms with E-state index in [-0.39, 0.29) is 24.7 Å². The number of nitrogens with zero attached hydrogens (tertiary/aromatic N) is 2. The van der Waals surface area contributed by atoms with Gasteiger partial charge in [-0.25, -0.2) is 9.78 Å². The smallest absolute Gasteiger partial charge is 0.410 e. The number of anilines is 1. The molecule has 0 aliphatic carbocycles. The van der Waals surface area contributed by atoms with Crippen LogP contribution in [0.15, 0.2) is 5.38 Å². The summed E-state index contributed by atoms with van der Waals surface area (Å²) < 4.78 is 10.7. The minimum Gasteiger partial charge on any atom is -0.461 e. The Balaban J connectivity index is 2.19. The highest BCUT2D eigenvalue weighted by Gasteiger charge is 2.40. The Kier molecular flexibility index (Phi) is 4.60. The van der Waals surface area contributed by atoms with Crippen LogP contribution in [0.25, 0.3) is 0 Å². The van der Waals surface area contributed by atoms with Gasteiger partial charge < -0.3 is 15.2 Å². The Morgan fingerprint density at radius 3 is 2.64 bits per heavy atom. The number of thiazole rings is 1. The van der Waals surface area contributed by atoms with E-state index in [1.807, 2.05) is 5.38 Å². The van der Waals surface area contributed by atoms with E-state index in [4.69, 9.17) is 15.2 Å². The van der Waals surface area contributed by atoms with Crippen molar-refractivity contribution < 1.29 is 19.1 Å². The largest absolute Gasteiger partial charge is 0.461 e. The van der Waals surface area contributed by atoms with Crippen LogP contribution in [-0.4, -0.2) is 40.2 Å². The lowest BCUT2D eigenvalue weighted by Gasteiger charge is -2.27. The van der Waals surface area contributed by atoms with Crippen LogP contribution in [0.5, 0.6) is 0 Å². The van der Waals surface area contributed by atoms with Crippen LogP contribution >= 0.6 is 11.3 Å². The van der Waals surface area contributed by atoms with E-state index in [0.29, 0.717) is 17.2 Å². The number of nitrogens with two attached hydrogens (primary N) is 1. The van der Waals surface area contributed by atoms with Gasteiger partial charge in [0.2, 0.25) is 0 Å². The molecule has 2 N–H and O–H groups in total. The van der Waals surface area contributed by atoms with Crippen LogP contribution in [0.3, 0.4) is 0 Å². The Bertz CT molecular complexity index is 567. The summed E-state index contributed by atoms with van der Waals surface area (Å²) in [7, 11) is 0. The van der Waals surface area contributed by atoms with Crippen LogP contribution in [0.4, 0.5) is 9.93 Å². The molecule has 1 aliphatic rings. The fourth-order valence-electron chi connectivity index (χ4n) is 2.37. The van der Waals surface area contributed by atoms with Crippen molar-refractivity contribution in [3.8, 4) is 0 Å². The number of ether oxygens (including phenoxy) is 2. The summed E-state index contributed by atoms with van der Waals surface area (Å²) in [5.74, 6) is -0.368. The van der Waals surface area contributed by atoms with Crippen molar-refractivity contribution in [2.24, 2.45) is 0 Å². The maximum atomic E-state index is 12.4. The normalized spacial score (nSPS) is 21.7. The van der Waals surface area contributed by atoms with Crippen LogP contribution in [0.2, 0.25) is 0 Å². The number of rotatable bonds is 2. The lowest BCUT2D eigenvalue weighted by Crippen LogP contribution is -2.37. The van der Waals surface area contributed by atoms with Crippen LogP contribution in [-0.2, 0) is 14.3 Å². The van der Waals surface area contributed by atoms with E-state index in [1.165, 1.54) is 18.3 Å². The van der Waals surface area contributed by atoms with Crippen LogP contribution < -0.4 is 5.73 Å². The second-order valence-corrected chi connectivity index (χ2v) is 7.12. The minimum absolute atomic E-state index is 0.288. The first-order chi connectivity index (χ1) is 10.2. The molecule has 2 heterocycles. The molecule has 2 atom stereocenters. The molecule has 0 aromatic carbocycles. The molecule has 2 rings (SSSR count).